The second-order valence-electron chi connectivity index (χ2n) is 6.75. The summed E-state index contributed by atoms with van der Waals surface area (Å²) >= 11 is 5.01. The molecule has 4 rings (SSSR count). The SMILES string of the molecule is Cc1cccc(N2CSC3=C(C#N)[C@H](c4ccc(Br)cc4)CC(=O)N3C2)c1. The normalized spacial score (nSPS) is 19.7. The van der Waals surface area contributed by atoms with E-state index in [0.29, 0.717) is 18.7 Å². The van der Waals surface area contributed by atoms with Gasteiger partial charge in [-0.3, -0.25) is 9.69 Å². The Labute approximate surface area is 171 Å². The van der Waals surface area contributed by atoms with E-state index < -0.39 is 0 Å². The number of allylic oxidation sites excluding steroid dienone is 1. The first kappa shape index (κ1) is 18.1. The Hall–Kier alpha value is -2.23. The predicted octanol–water partition coefficient (Wildman–Crippen LogP) is 4.98. The zero-order valence-corrected chi connectivity index (χ0v) is 17.3. The summed E-state index contributed by atoms with van der Waals surface area (Å²) in [5, 5.41) is 10.7. The lowest BCUT2D eigenvalue weighted by Gasteiger charge is -2.42. The van der Waals surface area contributed by atoms with Gasteiger partial charge in [0.2, 0.25) is 5.91 Å². The van der Waals surface area contributed by atoms with Gasteiger partial charge in [0.05, 0.1) is 29.2 Å². The Kier molecular flexibility index (Phi) is 4.98. The summed E-state index contributed by atoms with van der Waals surface area (Å²) in [7, 11) is 0. The second kappa shape index (κ2) is 7.41. The monoisotopic (exact) mass is 439 g/mol. The predicted molar refractivity (Wildman–Crippen MR) is 112 cm³/mol. The molecule has 2 aliphatic rings. The summed E-state index contributed by atoms with van der Waals surface area (Å²) in [6.07, 6.45) is 0.330. The number of hydrogen-bond acceptors (Lipinski definition) is 4. The zero-order valence-electron chi connectivity index (χ0n) is 14.9. The molecule has 0 unspecified atom stereocenters. The first-order valence-corrected chi connectivity index (χ1v) is 10.5. The molecule has 0 aliphatic carbocycles. The Bertz CT molecular complexity index is 964. The quantitative estimate of drug-likeness (QED) is 0.661. The average molecular weight is 440 g/mol. The number of amides is 1. The van der Waals surface area contributed by atoms with Gasteiger partial charge in [0, 0.05) is 22.5 Å². The largest absolute Gasteiger partial charge is 0.344 e. The Morgan fingerprint density at radius 1 is 1.22 bits per heavy atom. The molecule has 136 valence electrons. The Morgan fingerprint density at radius 2 is 2.00 bits per heavy atom. The van der Waals surface area contributed by atoms with Crippen molar-refractivity contribution in [3.63, 3.8) is 0 Å². The van der Waals surface area contributed by atoms with Gasteiger partial charge in [0.25, 0.3) is 0 Å². The third kappa shape index (κ3) is 3.50. The van der Waals surface area contributed by atoms with E-state index in [1.165, 1.54) is 5.56 Å². The molecule has 1 fully saturated rings. The number of carbonyl (C=O) groups excluding carboxylic acids is 1. The van der Waals surface area contributed by atoms with Gasteiger partial charge < -0.3 is 4.90 Å². The number of benzene rings is 2. The van der Waals surface area contributed by atoms with Crippen LogP contribution in [0, 0.1) is 18.3 Å². The van der Waals surface area contributed by atoms with Gasteiger partial charge in [-0.05, 0) is 42.3 Å². The Balaban J connectivity index is 1.66. The van der Waals surface area contributed by atoms with Crippen molar-refractivity contribution in [1.29, 1.82) is 5.26 Å². The van der Waals surface area contributed by atoms with E-state index in [-0.39, 0.29) is 11.8 Å². The lowest BCUT2D eigenvalue weighted by Crippen LogP contribution is -2.47. The minimum Gasteiger partial charge on any atom is -0.344 e. The topological polar surface area (TPSA) is 47.3 Å². The molecular formula is C21H18BrN3OS. The van der Waals surface area contributed by atoms with Crippen LogP contribution < -0.4 is 4.90 Å². The first-order chi connectivity index (χ1) is 13.1. The molecule has 1 amide bonds. The van der Waals surface area contributed by atoms with Gasteiger partial charge in [-0.2, -0.15) is 5.26 Å². The van der Waals surface area contributed by atoms with Gasteiger partial charge in [0.15, 0.2) is 0 Å². The van der Waals surface area contributed by atoms with Crippen molar-refractivity contribution in [3.8, 4) is 6.07 Å². The second-order valence-corrected chi connectivity index (χ2v) is 8.60. The van der Waals surface area contributed by atoms with Gasteiger partial charge in [-0.1, -0.05) is 52.0 Å². The van der Waals surface area contributed by atoms with Crippen molar-refractivity contribution in [2.75, 3.05) is 17.4 Å². The fourth-order valence-corrected chi connectivity index (χ4v) is 4.96. The minimum atomic E-state index is -0.167. The fourth-order valence-electron chi connectivity index (χ4n) is 3.53. The number of fused-ring (bicyclic) bond motifs is 1. The zero-order chi connectivity index (χ0) is 19.0. The molecule has 27 heavy (non-hydrogen) atoms. The number of carbonyl (C=O) groups is 1. The molecule has 6 heteroatoms. The minimum absolute atomic E-state index is 0.0711. The molecule has 1 atom stereocenters. The van der Waals surface area contributed by atoms with Crippen LogP contribution in [0.25, 0.3) is 0 Å². The maximum absolute atomic E-state index is 12.9. The highest BCUT2D eigenvalue weighted by molar-refractivity contribution is 9.10. The highest BCUT2D eigenvalue weighted by Crippen LogP contribution is 2.43. The van der Waals surface area contributed by atoms with Crippen molar-refractivity contribution in [3.05, 3.63) is 74.7 Å². The van der Waals surface area contributed by atoms with Crippen molar-refractivity contribution < 1.29 is 4.79 Å². The molecule has 1 saturated heterocycles. The highest BCUT2D eigenvalue weighted by Gasteiger charge is 2.38. The highest BCUT2D eigenvalue weighted by atomic mass is 79.9. The third-order valence-electron chi connectivity index (χ3n) is 4.93. The van der Waals surface area contributed by atoms with Gasteiger partial charge >= 0.3 is 0 Å². The molecule has 4 nitrogen and oxygen atoms in total. The molecule has 2 aromatic carbocycles. The van der Waals surface area contributed by atoms with Crippen LogP contribution in [0.4, 0.5) is 5.69 Å². The first-order valence-electron chi connectivity index (χ1n) is 8.71. The third-order valence-corrected chi connectivity index (χ3v) is 6.62. The van der Waals surface area contributed by atoms with E-state index in [1.54, 1.807) is 16.7 Å². The van der Waals surface area contributed by atoms with Gasteiger partial charge in [-0.15, -0.1) is 0 Å². The van der Waals surface area contributed by atoms with E-state index in [2.05, 4.69) is 52.0 Å². The number of nitrogens with zero attached hydrogens (tertiary/aromatic N) is 3. The summed E-state index contributed by atoms with van der Waals surface area (Å²) < 4.78 is 0.988. The van der Waals surface area contributed by atoms with Crippen LogP contribution in [-0.2, 0) is 4.79 Å². The standard InChI is InChI=1S/C21H18BrN3OS/c1-14-3-2-4-17(9-14)24-12-25-20(26)10-18(15-5-7-16(22)8-6-15)19(11-23)21(25)27-13-24/h2-9,18H,10,12-13H2,1H3/t18-/m0/s1. The average Bonchev–Trinajstić information content (AvgIpc) is 2.68. The molecule has 2 aromatic rings. The number of anilines is 1. The van der Waals surface area contributed by atoms with Crippen LogP contribution in [-0.4, -0.2) is 23.4 Å². The molecule has 0 radical (unpaired) electrons. The molecule has 0 saturated carbocycles. The summed E-state index contributed by atoms with van der Waals surface area (Å²) in [6.45, 7) is 2.55. The van der Waals surface area contributed by atoms with Gasteiger partial charge in [-0.25, -0.2) is 0 Å². The molecule has 0 spiro atoms. The van der Waals surface area contributed by atoms with Crippen molar-refractivity contribution in [2.24, 2.45) is 0 Å². The maximum atomic E-state index is 12.9. The van der Waals surface area contributed by atoms with E-state index in [9.17, 15) is 10.1 Å². The lowest BCUT2D eigenvalue weighted by molar-refractivity contribution is -0.129. The lowest BCUT2D eigenvalue weighted by atomic mass is 9.86. The van der Waals surface area contributed by atoms with E-state index in [1.807, 2.05) is 30.3 Å². The molecule has 0 aromatic heterocycles. The van der Waals surface area contributed by atoms with Crippen LogP contribution in [0.15, 0.2) is 63.6 Å². The van der Waals surface area contributed by atoms with Crippen molar-refractivity contribution in [2.45, 2.75) is 19.3 Å². The molecular weight excluding hydrogens is 422 g/mol. The van der Waals surface area contributed by atoms with Crippen LogP contribution in [0.5, 0.6) is 0 Å². The molecule has 0 N–H and O–H groups in total. The molecule has 2 heterocycles. The van der Waals surface area contributed by atoms with Crippen LogP contribution >= 0.6 is 27.7 Å². The maximum Gasteiger partial charge on any atom is 0.229 e. The number of hydrogen-bond donors (Lipinski definition) is 0. The smallest absolute Gasteiger partial charge is 0.229 e. The number of halogens is 1. The van der Waals surface area contributed by atoms with Crippen LogP contribution in [0.2, 0.25) is 0 Å². The number of nitriles is 1. The number of aryl methyl sites for hydroxylation is 1. The summed E-state index contributed by atoms with van der Waals surface area (Å²) in [5.41, 5.74) is 4.00. The van der Waals surface area contributed by atoms with E-state index in [0.717, 1.165) is 26.6 Å². The summed E-state index contributed by atoms with van der Waals surface area (Å²) in [6, 6.07) is 18.6. The summed E-state index contributed by atoms with van der Waals surface area (Å²) in [4.78, 5) is 16.9. The fraction of sp³-hybridized carbons (Fsp3) is 0.238. The van der Waals surface area contributed by atoms with Crippen LogP contribution in [0.3, 0.4) is 0 Å². The van der Waals surface area contributed by atoms with Crippen LogP contribution in [0.1, 0.15) is 23.5 Å². The van der Waals surface area contributed by atoms with Gasteiger partial charge in [0.1, 0.15) is 0 Å². The molecule has 2 aliphatic heterocycles. The molecule has 0 bridgehead atoms. The van der Waals surface area contributed by atoms with E-state index >= 15 is 0 Å². The van der Waals surface area contributed by atoms with E-state index in [4.69, 9.17) is 0 Å². The Morgan fingerprint density at radius 3 is 2.70 bits per heavy atom. The number of thioether (sulfide) groups is 1. The summed E-state index contributed by atoms with van der Waals surface area (Å²) in [5.74, 6) is 0.627. The number of rotatable bonds is 2. The van der Waals surface area contributed by atoms with Crippen molar-refractivity contribution in [1.82, 2.24) is 4.90 Å². The van der Waals surface area contributed by atoms with Crippen molar-refractivity contribution >= 4 is 39.3 Å².